The van der Waals surface area contributed by atoms with E-state index in [2.05, 4.69) is 32.6 Å². The molecule has 0 amide bonds. The average Bonchev–Trinajstić information content (AvgIpc) is 2.84. The maximum atomic E-state index is 13.3. The van der Waals surface area contributed by atoms with Gasteiger partial charge < -0.3 is 14.2 Å². The number of methoxy groups -OCH3 is 1. The van der Waals surface area contributed by atoms with E-state index < -0.39 is 12.1 Å². The van der Waals surface area contributed by atoms with E-state index in [9.17, 15) is 9.59 Å². The van der Waals surface area contributed by atoms with Crippen LogP contribution in [0.15, 0.2) is 57.4 Å². The first kappa shape index (κ1) is 27.1. The van der Waals surface area contributed by atoms with Crippen molar-refractivity contribution in [2.45, 2.75) is 46.1 Å². The van der Waals surface area contributed by atoms with Crippen molar-refractivity contribution in [3.8, 4) is 11.5 Å². The summed E-state index contributed by atoms with van der Waals surface area (Å²) in [6.45, 7) is 11.4. The van der Waals surface area contributed by atoms with Crippen LogP contribution in [0.4, 0.5) is 0 Å². The molecule has 0 N–H and O–H groups in total. The molecule has 0 fully saturated rings. The monoisotopic (exact) mass is 555 g/mol. The number of hydrogen-bond donors (Lipinski definition) is 0. The first-order chi connectivity index (χ1) is 17.2. The summed E-state index contributed by atoms with van der Waals surface area (Å²) >= 11 is 3.42. The molecule has 0 aliphatic rings. The molecule has 190 valence electrons. The number of benzene rings is 2. The van der Waals surface area contributed by atoms with E-state index in [1.165, 1.54) is 11.8 Å². The van der Waals surface area contributed by atoms with Gasteiger partial charge in [0.1, 0.15) is 5.82 Å². The zero-order chi connectivity index (χ0) is 26.4. The minimum Gasteiger partial charge on any atom is -0.493 e. The second-order valence-electron chi connectivity index (χ2n) is 8.36. The predicted octanol–water partition coefficient (Wildman–Crippen LogP) is 5.23. The van der Waals surface area contributed by atoms with E-state index in [1.54, 1.807) is 38.3 Å². The Morgan fingerprint density at radius 2 is 2.00 bits per heavy atom. The standard InChI is InChI=1S/C27H30BrN3O5/c1-7-9-19-12-18(13-23(34-6)24(19)36-17(5)27(33)35-8-2)15-29-31-25(16(3)4)30-22-11-10-20(28)14-21(22)26(31)32/h7,10-17H,1,8-9H2,2-6H3/t17-/m1/s1. The molecule has 0 radical (unpaired) electrons. The highest BCUT2D eigenvalue weighted by molar-refractivity contribution is 9.10. The summed E-state index contributed by atoms with van der Waals surface area (Å²) < 4.78 is 18.6. The maximum absolute atomic E-state index is 13.3. The minimum absolute atomic E-state index is 0.0334. The van der Waals surface area contributed by atoms with Crippen molar-refractivity contribution in [1.82, 2.24) is 9.66 Å². The van der Waals surface area contributed by atoms with E-state index >= 15 is 0 Å². The molecule has 8 nitrogen and oxygen atoms in total. The molecule has 9 heteroatoms. The number of aromatic nitrogens is 2. The molecule has 1 heterocycles. The Bertz CT molecular complexity index is 1360. The van der Waals surface area contributed by atoms with E-state index in [0.717, 1.165) is 10.0 Å². The highest BCUT2D eigenvalue weighted by atomic mass is 79.9. The number of ether oxygens (including phenoxy) is 3. The van der Waals surface area contributed by atoms with Gasteiger partial charge in [0, 0.05) is 16.0 Å². The van der Waals surface area contributed by atoms with E-state index in [-0.39, 0.29) is 18.1 Å². The fourth-order valence-electron chi connectivity index (χ4n) is 3.61. The third kappa shape index (κ3) is 6.02. The topological polar surface area (TPSA) is 92.0 Å². The number of rotatable bonds is 10. The number of fused-ring (bicyclic) bond motifs is 1. The molecule has 0 unspecified atom stereocenters. The smallest absolute Gasteiger partial charge is 0.347 e. The van der Waals surface area contributed by atoms with Crippen molar-refractivity contribution >= 4 is 39.0 Å². The van der Waals surface area contributed by atoms with Gasteiger partial charge in [-0.2, -0.15) is 9.78 Å². The van der Waals surface area contributed by atoms with Crippen LogP contribution in [-0.4, -0.2) is 41.7 Å². The van der Waals surface area contributed by atoms with E-state index in [0.29, 0.717) is 40.2 Å². The Hall–Kier alpha value is -3.46. The Morgan fingerprint density at radius 3 is 2.64 bits per heavy atom. The summed E-state index contributed by atoms with van der Waals surface area (Å²) in [5.74, 6) is 0.892. The Balaban J connectivity index is 2.08. The van der Waals surface area contributed by atoms with Crippen molar-refractivity contribution in [3.63, 3.8) is 0 Å². The lowest BCUT2D eigenvalue weighted by atomic mass is 10.1. The molecule has 1 aromatic heterocycles. The highest BCUT2D eigenvalue weighted by Crippen LogP contribution is 2.34. The summed E-state index contributed by atoms with van der Waals surface area (Å²) in [5, 5.41) is 4.97. The predicted molar refractivity (Wildman–Crippen MR) is 144 cm³/mol. The van der Waals surface area contributed by atoms with Crippen LogP contribution in [0.2, 0.25) is 0 Å². The Kier molecular flexibility index (Phi) is 9.03. The number of carbonyl (C=O) groups excluding carboxylic acids is 1. The van der Waals surface area contributed by atoms with Crippen LogP contribution >= 0.6 is 15.9 Å². The number of halogens is 1. The third-order valence-electron chi connectivity index (χ3n) is 5.32. The summed E-state index contributed by atoms with van der Waals surface area (Å²) in [6.07, 6.45) is 2.94. The number of hydrogen-bond acceptors (Lipinski definition) is 7. The van der Waals surface area contributed by atoms with Gasteiger partial charge in [-0.3, -0.25) is 4.79 Å². The second-order valence-corrected chi connectivity index (χ2v) is 9.28. The van der Waals surface area contributed by atoms with Crippen molar-refractivity contribution in [1.29, 1.82) is 0 Å². The molecule has 0 saturated heterocycles. The molecule has 2 aromatic carbocycles. The molecule has 0 aliphatic carbocycles. The molecule has 0 spiro atoms. The molecule has 36 heavy (non-hydrogen) atoms. The average molecular weight is 556 g/mol. The largest absolute Gasteiger partial charge is 0.493 e. The fourth-order valence-corrected chi connectivity index (χ4v) is 3.97. The molecule has 1 atom stereocenters. The van der Waals surface area contributed by atoms with Crippen LogP contribution in [0.25, 0.3) is 10.9 Å². The maximum Gasteiger partial charge on any atom is 0.347 e. The Morgan fingerprint density at radius 1 is 1.25 bits per heavy atom. The number of allylic oxidation sites excluding steroid dienone is 1. The first-order valence-corrected chi connectivity index (χ1v) is 12.4. The molecule has 0 saturated carbocycles. The SMILES string of the molecule is C=CCc1cc(C=Nn2c(C(C)C)nc3ccc(Br)cc3c2=O)cc(OC)c1O[C@H](C)C(=O)OCC. The van der Waals surface area contributed by atoms with Gasteiger partial charge in [-0.15, -0.1) is 6.58 Å². The first-order valence-electron chi connectivity index (χ1n) is 11.6. The van der Waals surface area contributed by atoms with Crippen LogP contribution in [-0.2, 0) is 16.0 Å². The summed E-state index contributed by atoms with van der Waals surface area (Å²) in [7, 11) is 1.52. The van der Waals surface area contributed by atoms with Gasteiger partial charge >= 0.3 is 5.97 Å². The number of esters is 1. The lowest BCUT2D eigenvalue weighted by molar-refractivity contribution is -0.150. The molecule has 3 aromatic rings. The van der Waals surface area contributed by atoms with Gasteiger partial charge in [0.15, 0.2) is 17.6 Å². The minimum atomic E-state index is -0.822. The number of nitrogens with zero attached hydrogens (tertiary/aromatic N) is 3. The molecule has 0 bridgehead atoms. The highest BCUT2D eigenvalue weighted by Gasteiger charge is 2.21. The normalized spacial score (nSPS) is 12.2. The summed E-state index contributed by atoms with van der Waals surface area (Å²) in [5.41, 5.74) is 1.78. The zero-order valence-electron chi connectivity index (χ0n) is 21.1. The molecule has 3 rings (SSSR count). The lowest BCUT2D eigenvalue weighted by Crippen LogP contribution is -2.26. The van der Waals surface area contributed by atoms with Gasteiger partial charge in [-0.25, -0.2) is 9.78 Å². The van der Waals surface area contributed by atoms with E-state index in [1.807, 2.05) is 32.0 Å². The van der Waals surface area contributed by atoms with Crippen LogP contribution in [0.3, 0.4) is 0 Å². The zero-order valence-corrected chi connectivity index (χ0v) is 22.7. The quantitative estimate of drug-likeness (QED) is 0.193. The second kappa shape index (κ2) is 12.0. The van der Waals surface area contributed by atoms with E-state index in [4.69, 9.17) is 14.2 Å². The summed E-state index contributed by atoms with van der Waals surface area (Å²) in [6, 6.07) is 8.98. The third-order valence-corrected chi connectivity index (χ3v) is 5.82. The van der Waals surface area contributed by atoms with Gasteiger partial charge in [0.05, 0.1) is 30.8 Å². The number of carbonyl (C=O) groups is 1. The van der Waals surface area contributed by atoms with Gasteiger partial charge in [0.2, 0.25) is 0 Å². The van der Waals surface area contributed by atoms with Crippen molar-refractivity contribution in [2.24, 2.45) is 5.10 Å². The Labute approximate surface area is 218 Å². The van der Waals surface area contributed by atoms with Gasteiger partial charge in [-0.1, -0.05) is 35.9 Å². The van der Waals surface area contributed by atoms with Crippen LogP contribution in [0, 0.1) is 0 Å². The van der Waals surface area contributed by atoms with Crippen LogP contribution in [0.1, 0.15) is 50.6 Å². The van der Waals surface area contributed by atoms with Gasteiger partial charge in [0.25, 0.3) is 5.56 Å². The van der Waals surface area contributed by atoms with Crippen molar-refractivity contribution in [3.05, 3.63) is 74.8 Å². The molecular formula is C27H30BrN3O5. The molecular weight excluding hydrogens is 526 g/mol. The fraction of sp³-hybridized carbons (Fsp3) is 0.333. The molecule has 0 aliphatic heterocycles. The van der Waals surface area contributed by atoms with Crippen LogP contribution < -0.4 is 15.0 Å². The van der Waals surface area contributed by atoms with Gasteiger partial charge in [-0.05, 0) is 56.2 Å². The van der Waals surface area contributed by atoms with Crippen LogP contribution in [0.5, 0.6) is 11.5 Å². The van der Waals surface area contributed by atoms with Crippen molar-refractivity contribution in [2.75, 3.05) is 13.7 Å². The lowest BCUT2D eigenvalue weighted by Gasteiger charge is -2.19. The van der Waals surface area contributed by atoms with Crippen molar-refractivity contribution < 1.29 is 19.0 Å². The summed E-state index contributed by atoms with van der Waals surface area (Å²) in [4.78, 5) is 30.1.